The molecule has 3 aromatic rings. The van der Waals surface area contributed by atoms with Gasteiger partial charge < -0.3 is 20.4 Å². The minimum atomic E-state index is -0.295. The van der Waals surface area contributed by atoms with Gasteiger partial charge in [-0.15, -0.1) is 0 Å². The Hall–Kier alpha value is -3.48. The maximum absolute atomic E-state index is 13.3. The van der Waals surface area contributed by atoms with Crippen molar-refractivity contribution in [1.82, 2.24) is 14.7 Å². The summed E-state index contributed by atoms with van der Waals surface area (Å²) in [5.74, 6) is 0.389. The van der Waals surface area contributed by atoms with Crippen molar-refractivity contribution < 1.29 is 15.0 Å². The third-order valence-corrected chi connectivity index (χ3v) is 4.96. The largest absolute Gasteiger partial charge is 0.508 e. The SMILES string of the molecule is CC(C)Cn1nccc1Nc1cc(O)cc(O)c1C(=O)N1Cc2ccccc2C1. The fourth-order valence-electron chi connectivity index (χ4n) is 3.64. The summed E-state index contributed by atoms with van der Waals surface area (Å²) in [5.41, 5.74) is 2.68. The van der Waals surface area contributed by atoms with Gasteiger partial charge >= 0.3 is 0 Å². The minimum Gasteiger partial charge on any atom is -0.508 e. The van der Waals surface area contributed by atoms with Crippen LogP contribution in [0.5, 0.6) is 11.5 Å². The number of aromatic nitrogens is 2. The van der Waals surface area contributed by atoms with E-state index in [9.17, 15) is 15.0 Å². The highest BCUT2D eigenvalue weighted by atomic mass is 16.3. The molecule has 0 spiro atoms. The summed E-state index contributed by atoms with van der Waals surface area (Å²) in [5, 5.41) is 28.0. The van der Waals surface area contributed by atoms with Crippen molar-refractivity contribution in [3.8, 4) is 11.5 Å². The van der Waals surface area contributed by atoms with Gasteiger partial charge in [0, 0.05) is 37.8 Å². The molecule has 2 heterocycles. The van der Waals surface area contributed by atoms with E-state index in [0.717, 1.165) is 11.1 Å². The molecule has 29 heavy (non-hydrogen) atoms. The minimum absolute atomic E-state index is 0.124. The molecule has 4 rings (SSSR count). The summed E-state index contributed by atoms with van der Waals surface area (Å²) in [4.78, 5) is 15.0. The van der Waals surface area contributed by atoms with Crippen molar-refractivity contribution in [2.75, 3.05) is 5.32 Å². The van der Waals surface area contributed by atoms with Crippen molar-refractivity contribution in [1.29, 1.82) is 0 Å². The van der Waals surface area contributed by atoms with E-state index in [2.05, 4.69) is 24.3 Å². The first-order valence-electron chi connectivity index (χ1n) is 9.63. The molecule has 0 saturated carbocycles. The first-order chi connectivity index (χ1) is 13.9. The Morgan fingerprint density at radius 3 is 2.48 bits per heavy atom. The lowest BCUT2D eigenvalue weighted by Crippen LogP contribution is -2.26. The van der Waals surface area contributed by atoms with E-state index in [0.29, 0.717) is 37.1 Å². The molecule has 0 bridgehead atoms. The van der Waals surface area contributed by atoms with Crippen molar-refractivity contribution in [3.05, 3.63) is 65.4 Å². The molecule has 2 aromatic carbocycles. The van der Waals surface area contributed by atoms with E-state index in [-0.39, 0.29) is 23.0 Å². The Morgan fingerprint density at radius 2 is 1.83 bits per heavy atom. The molecule has 3 N–H and O–H groups in total. The van der Waals surface area contributed by atoms with Crippen LogP contribution in [0.1, 0.15) is 35.3 Å². The third-order valence-electron chi connectivity index (χ3n) is 4.96. The van der Waals surface area contributed by atoms with E-state index in [1.807, 2.05) is 24.3 Å². The Bertz CT molecular complexity index is 1030. The molecule has 0 radical (unpaired) electrons. The second-order valence-corrected chi connectivity index (χ2v) is 7.73. The predicted octanol–water partition coefficient (Wildman–Crippen LogP) is 3.85. The van der Waals surface area contributed by atoms with Gasteiger partial charge in [-0.05, 0) is 17.0 Å². The normalized spacial score (nSPS) is 13.0. The van der Waals surface area contributed by atoms with Crippen LogP contribution in [-0.4, -0.2) is 30.8 Å². The van der Waals surface area contributed by atoms with Gasteiger partial charge in [-0.3, -0.25) is 4.79 Å². The predicted molar refractivity (Wildman–Crippen MR) is 110 cm³/mol. The number of benzene rings is 2. The number of carbonyl (C=O) groups is 1. The molecule has 0 fully saturated rings. The maximum atomic E-state index is 13.3. The summed E-state index contributed by atoms with van der Waals surface area (Å²) in [7, 11) is 0. The average Bonchev–Trinajstić information content (AvgIpc) is 3.27. The van der Waals surface area contributed by atoms with Crippen LogP contribution in [0.15, 0.2) is 48.7 Å². The van der Waals surface area contributed by atoms with Crippen LogP contribution in [0.4, 0.5) is 11.5 Å². The first kappa shape index (κ1) is 18.9. The smallest absolute Gasteiger partial charge is 0.260 e. The highest BCUT2D eigenvalue weighted by molar-refractivity contribution is 6.03. The Kier molecular flexibility index (Phi) is 4.88. The van der Waals surface area contributed by atoms with E-state index >= 15 is 0 Å². The van der Waals surface area contributed by atoms with Crippen LogP contribution >= 0.6 is 0 Å². The Balaban J connectivity index is 1.66. The molecule has 1 aliphatic heterocycles. The number of nitrogens with one attached hydrogen (secondary N) is 1. The number of fused-ring (bicyclic) bond motifs is 1. The van der Waals surface area contributed by atoms with Gasteiger partial charge in [0.2, 0.25) is 0 Å². The second-order valence-electron chi connectivity index (χ2n) is 7.73. The van der Waals surface area contributed by atoms with Gasteiger partial charge in [0.05, 0.1) is 11.9 Å². The molecule has 0 atom stereocenters. The summed E-state index contributed by atoms with van der Waals surface area (Å²) in [6, 6.07) is 12.3. The molecule has 7 nitrogen and oxygen atoms in total. The number of rotatable bonds is 5. The van der Waals surface area contributed by atoms with Crippen molar-refractivity contribution in [2.24, 2.45) is 5.92 Å². The number of amides is 1. The maximum Gasteiger partial charge on any atom is 0.260 e. The molecule has 0 unspecified atom stereocenters. The Labute approximate surface area is 169 Å². The topological polar surface area (TPSA) is 90.6 Å². The zero-order valence-corrected chi connectivity index (χ0v) is 16.5. The van der Waals surface area contributed by atoms with Crippen LogP contribution in [0.25, 0.3) is 0 Å². The molecule has 1 aromatic heterocycles. The number of nitrogens with zero attached hydrogens (tertiary/aromatic N) is 3. The standard InChI is InChI=1S/C22H24N4O3/c1-14(2)11-26-20(7-8-23-26)24-18-9-17(27)10-19(28)21(18)22(29)25-12-15-5-3-4-6-16(15)13-25/h3-10,14,24,27-28H,11-13H2,1-2H3. The van der Waals surface area contributed by atoms with E-state index < -0.39 is 0 Å². The summed E-state index contributed by atoms with van der Waals surface area (Å²) in [6.07, 6.45) is 1.67. The molecule has 0 aliphatic carbocycles. The number of phenols is 2. The number of aromatic hydroxyl groups is 2. The number of carbonyl (C=O) groups excluding carboxylic acids is 1. The highest BCUT2D eigenvalue weighted by Crippen LogP contribution is 2.36. The summed E-state index contributed by atoms with van der Waals surface area (Å²) >= 11 is 0. The first-order valence-corrected chi connectivity index (χ1v) is 9.63. The third kappa shape index (κ3) is 3.76. The van der Waals surface area contributed by atoms with Gasteiger partial charge in [0.1, 0.15) is 22.9 Å². The fourth-order valence-corrected chi connectivity index (χ4v) is 3.64. The average molecular weight is 392 g/mol. The van der Waals surface area contributed by atoms with E-state index in [4.69, 9.17) is 0 Å². The molecule has 7 heteroatoms. The number of hydrogen-bond donors (Lipinski definition) is 3. The molecule has 1 amide bonds. The lowest BCUT2D eigenvalue weighted by molar-refractivity contribution is 0.0749. The lowest BCUT2D eigenvalue weighted by atomic mass is 10.1. The highest BCUT2D eigenvalue weighted by Gasteiger charge is 2.28. The van der Waals surface area contributed by atoms with Gasteiger partial charge in [-0.25, -0.2) is 4.68 Å². The Morgan fingerprint density at radius 1 is 1.14 bits per heavy atom. The van der Waals surface area contributed by atoms with Crippen LogP contribution in [-0.2, 0) is 19.6 Å². The van der Waals surface area contributed by atoms with Crippen LogP contribution < -0.4 is 5.32 Å². The molecule has 1 aliphatic rings. The van der Waals surface area contributed by atoms with Crippen molar-refractivity contribution in [2.45, 2.75) is 33.5 Å². The number of hydrogen-bond acceptors (Lipinski definition) is 5. The van der Waals surface area contributed by atoms with Crippen LogP contribution in [0.3, 0.4) is 0 Å². The number of anilines is 2. The second kappa shape index (κ2) is 7.50. The van der Waals surface area contributed by atoms with Gasteiger partial charge in [-0.1, -0.05) is 38.1 Å². The van der Waals surface area contributed by atoms with Crippen molar-refractivity contribution in [3.63, 3.8) is 0 Å². The molecular formula is C22H24N4O3. The van der Waals surface area contributed by atoms with Gasteiger partial charge in [-0.2, -0.15) is 5.10 Å². The zero-order valence-electron chi connectivity index (χ0n) is 16.5. The lowest BCUT2D eigenvalue weighted by Gasteiger charge is -2.20. The van der Waals surface area contributed by atoms with Gasteiger partial charge in [0.25, 0.3) is 5.91 Å². The van der Waals surface area contributed by atoms with E-state index in [1.165, 1.54) is 12.1 Å². The zero-order chi connectivity index (χ0) is 20.5. The fraction of sp³-hybridized carbons (Fsp3) is 0.273. The molecule has 150 valence electrons. The quantitative estimate of drug-likeness (QED) is 0.614. The molecular weight excluding hydrogens is 368 g/mol. The number of phenolic OH excluding ortho intramolecular Hbond substituents is 2. The molecule has 0 saturated heterocycles. The van der Waals surface area contributed by atoms with E-state index in [1.54, 1.807) is 21.8 Å². The van der Waals surface area contributed by atoms with Crippen molar-refractivity contribution >= 4 is 17.4 Å². The van der Waals surface area contributed by atoms with Gasteiger partial charge in [0.15, 0.2) is 0 Å². The van der Waals surface area contributed by atoms with Crippen LogP contribution in [0, 0.1) is 5.92 Å². The monoisotopic (exact) mass is 392 g/mol. The summed E-state index contributed by atoms with van der Waals surface area (Å²) < 4.78 is 1.80. The summed E-state index contributed by atoms with van der Waals surface area (Å²) in [6.45, 7) is 5.85. The van der Waals surface area contributed by atoms with Crippen LogP contribution in [0.2, 0.25) is 0 Å².